The molecule has 2 aliphatic rings. The molecule has 0 bridgehead atoms. The molecule has 1 heterocycles. The fourth-order valence-corrected chi connectivity index (χ4v) is 6.31. The Morgan fingerprint density at radius 3 is 2.63 bits per heavy atom. The lowest BCUT2D eigenvalue weighted by molar-refractivity contribution is -0.143. The summed E-state index contributed by atoms with van der Waals surface area (Å²) in [5, 5.41) is 3.99. The molecular weight excluding hydrogens is 481 g/mol. The zero-order valence-electron chi connectivity index (χ0n) is 22.3. The number of urea groups is 1. The first kappa shape index (κ1) is 26.3. The van der Waals surface area contributed by atoms with Crippen molar-refractivity contribution in [3.8, 4) is 0 Å². The molecule has 0 spiro atoms. The van der Waals surface area contributed by atoms with Crippen LogP contribution in [0.1, 0.15) is 62.3 Å². The molecule has 7 heteroatoms. The van der Waals surface area contributed by atoms with Crippen LogP contribution in [0.15, 0.2) is 48.5 Å². The largest absolute Gasteiger partial charge is 0.465 e. The van der Waals surface area contributed by atoms with Gasteiger partial charge in [-0.1, -0.05) is 49.6 Å². The van der Waals surface area contributed by atoms with Crippen molar-refractivity contribution >= 4 is 22.9 Å². The molecule has 202 valence electrons. The van der Waals surface area contributed by atoms with Crippen LogP contribution in [0, 0.1) is 11.7 Å². The van der Waals surface area contributed by atoms with Gasteiger partial charge in [0, 0.05) is 35.7 Å². The monoisotopic (exact) mass is 519 g/mol. The SMILES string of the molecule is CCOC(=O)Cn1c2c(c3cc(F)ccc31)C[C@@H](N(CC1CCCCC1)C(=O)NCc1ccccc1)CC2. The first-order valence-corrected chi connectivity index (χ1v) is 14.1. The van der Waals surface area contributed by atoms with Gasteiger partial charge in [0.15, 0.2) is 0 Å². The molecule has 1 aromatic heterocycles. The van der Waals surface area contributed by atoms with E-state index in [1.807, 2.05) is 34.9 Å². The van der Waals surface area contributed by atoms with Crippen LogP contribution in [-0.4, -0.2) is 40.7 Å². The number of fused-ring (bicyclic) bond motifs is 3. The number of ether oxygens (including phenoxy) is 1. The Balaban J connectivity index is 1.42. The van der Waals surface area contributed by atoms with Crippen molar-refractivity contribution in [2.45, 2.75) is 77.4 Å². The van der Waals surface area contributed by atoms with E-state index in [2.05, 4.69) is 10.2 Å². The molecule has 0 saturated heterocycles. The summed E-state index contributed by atoms with van der Waals surface area (Å²) in [4.78, 5) is 28.1. The van der Waals surface area contributed by atoms with Crippen molar-refractivity contribution in [1.29, 1.82) is 0 Å². The predicted octanol–water partition coefficient (Wildman–Crippen LogP) is 5.99. The maximum absolute atomic E-state index is 14.4. The molecule has 6 nitrogen and oxygen atoms in total. The summed E-state index contributed by atoms with van der Waals surface area (Å²) in [6, 6.07) is 14.7. The molecule has 5 rings (SSSR count). The first-order valence-electron chi connectivity index (χ1n) is 14.1. The van der Waals surface area contributed by atoms with E-state index in [4.69, 9.17) is 4.74 Å². The number of carbonyl (C=O) groups excluding carboxylic acids is 2. The fraction of sp³-hybridized carbons (Fsp3) is 0.484. The van der Waals surface area contributed by atoms with Crippen LogP contribution < -0.4 is 5.32 Å². The lowest BCUT2D eigenvalue weighted by Gasteiger charge is -2.38. The number of amides is 2. The third-order valence-electron chi connectivity index (χ3n) is 8.16. The number of nitrogens with one attached hydrogen (secondary N) is 1. The Kier molecular flexibility index (Phi) is 8.30. The van der Waals surface area contributed by atoms with Gasteiger partial charge in [0.05, 0.1) is 6.61 Å². The molecule has 2 aromatic carbocycles. The normalized spacial score (nSPS) is 17.7. The fourth-order valence-electron chi connectivity index (χ4n) is 6.31. The van der Waals surface area contributed by atoms with E-state index in [9.17, 15) is 14.0 Å². The zero-order valence-corrected chi connectivity index (χ0v) is 22.3. The lowest BCUT2D eigenvalue weighted by atomic mass is 9.86. The Morgan fingerprint density at radius 2 is 1.87 bits per heavy atom. The molecule has 0 unspecified atom stereocenters. The van der Waals surface area contributed by atoms with Gasteiger partial charge in [-0.15, -0.1) is 0 Å². The molecular formula is C31H38FN3O3. The second kappa shape index (κ2) is 12.0. The van der Waals surface area contributed by atoms with Gasteiger partial charge in [0.1, 0.15) is 12.4 Å². The van der Waals surface area contributed by atoms with E-state index in [1.165, 1.54) is 25.3 Å². The van der Waals surface area contributed by atoms with Gasteiger partial charge in [0.25, 0.3) is 0 Å². The Hall–Kier alpha value is -3.35. The molecule has 1 atom stereocenters. The van der Waals surface area contributed by atoms with E-state index in [-0.39, 0.29) is 30.4 Å². The Morgan fingerprint density at radius 1 is 1.08 bits per heavy atom. The van der Waals surface area contributed by atoms with Gasteiger partial charge < -0.3 is 19.5 Å². The molecule has 2 aliphatic carbocycles. The average molecular weight is 520 g/mol. The van der Waals surface area contributed by atoms with Crippen molar-refractivity contribution in [1.82, 2.24) is 14.8 Å². The summed E-state index contributed by atoms with van der Waals surface area (Å²) in [5.74, 6) is -0.0801. The van der Waals surface area contributed by atoms with Crippen LogP contribution in [0.5, 0.6) is 0 Å². The van der Waals surface area contributed by atoms with E-state index < -0.39 is 0 Å². The molecule has 1 N–H and O–H groups in total. The number of halogens is 1. The van der Waals surface area contributed by atoms with Crippen LogP contribution in [0.25, 0.3) is 10.9 Å². The van der Waals surface area contributed by atoms with Gasteiger partial charge in [-0.3, -0.25) is 4.79 Å². The van der Waals surface area contributed by atoms with Gasteiger partial charge in [-0.2, -0.15) is 0 Å². The number of nitrogens with zero attached hydrogens (tertiary/aromatic N) is 2. The highest BCUT2D eigenvalue weighted by Crippen LogP contribution is 2.35. The summed E-state index contributed by atoms with van der Waals surface area (Å²) < 4.78 is 21.6. The highest BCUT2D eigenvalue weighted by atomic mass is 19.1. The average Bonchev–Trinajstić information content (AvgIpc) is 3.23. The van der Waals surface area contributed by atoms with Gasteiger partial charge in [0.2, 0.25) is 0 Å². The van der Waals surface area contributed by atoms with E-state index in [0.717, 1.165) is 60.0 Å². The molecule has 0 aliphatic heterocycles. The molecule has 38 heavy (non-hydrogen) atoms. The van der Waals surface area contributed by atoms with Crippen LogP contribution in [0.4, 0.5) is 9.18 Å². The molecule has 1 fully saturated rings. The summed E-state index contributed by atoms with van der Waals surface area (Å²) in [5.41, 5.74) is 4.01. The van der Waals surface area contributed by atoms with Crippen LogP contribution in [0.3, 0.4) is 0 Å². The lowest BCUT2D eigenvalue weighted by Crippen LogP contribution is -2.50. The van der Waals surface area contributed by atoms with Crippen molar-refractivity contribution < 1.29 is 18.7 Å². The number of carbonyl (C=O) groups is 2. The number of hydrogen-bond acceptors (Lipinski definition) is 3. The summed E-state index contributed by atoms with van der Waals surface area (Å²) >= 11 is 0. The van der Waals surface area contributed by atoms with Crippen molar-refractivity contribution in [2.75, 3.05) is 13.2 Å². The minimum absolute atomic E-state index is 0.0186. The number of rotatable bonds is 8. The summed E-state index contributed by atoms with van der Waals surface area (Å²) in [6.07, 6.45) is 8.21. The Bertz CT molecular complexity index is 1270. The second-order valence-electron chi connectivity index (χ2n) is 10.7. The van der Waals surface area contributed by atoms with Crippen molar-refractivity contribution in [3.63, 3.8) is 0 Å². The number of aromatic nitrogens is 1. The van der Waals surface area contributed by atoms with Crippen LogP contribution in [-0.2, 0) is 35.5 Å². The van der Waals surface area contributed by atoms with Gasteiger partial charge in [-0.05, 0) is 74.3 Å². The van der Waals surface area contributed by atoms with E-state index >= 15 is 0 Å². The standard InChI is InChI=1S/C31H38FN3O3/c1-2-38-30(36)21-35-28-15-13-24(32)17-26(28)27-18-25(14-16-29(27)35)34(20-23-11-7-4-8-12-23)31(37)33-19-22-9-5-3-6-10-22/h3,5-6,9-10,13,15,17,23,25H,2,4,7-8,11-12,14,16,18-21H2,1H3,(H,33,37)/t25-/m0/s1. The minimum atomic E-state index is -0.296. The maximum atomic E-state index is 14.4. The van der Waals surface area contributed by atoms with E-state index in [0.29, 0.717) is 25.5 Å². The predicted molar refractivity (Wildman–Crippen MR) is 146 cm³/mol. The molecule has 2 amide bonds. The van der Waals surface area contributed by atoms with Crippen LogP contribution in [0.2, 0.25) is 0 Å². The summed E-state index contributed by atoms with van der Waals surface area (Å²) in [7, 11) is 0. The highest BCUT2D eigenvalue weighted by Gasteiger charge is 2.33. The third-order valence-corrected chi connectivity index (χ3v) is 8.16. The second-order valence-corrected chi connectivity index (χ2v) is 10.7. The minimum Gasteiger partial charge on any atom is -0.465 e. The number of hydrogen-bond donors (Lipinski definition) is 1. The van der Waals surface area contributed by atoms with Crippen molar-refractivity contribution in [2.24, 2.45) is 5.92 Å². The molecule has 3 aromatic rings. The first-order chi connectivity index (χ1) is 18.5. The van der Waals surface area contributed by atoms with Gasteiger partial charge in [-0.25, -0.2) is 9.18 Å². The smallest absolute Gasteiger partial charge is 0.325 e. The molecule has 1 saturated carbocycles. The number of benzene rings is 2. The van der Waals surface area contributed by atoms with E-state index in [1.54, 1.807) is 19.1 Å². The third kappa shape index (κ3) is 5.87. The quantitative estimate of drug-likeness (QED) is 0.372. The topological polar surface area (TPSA) is 63.6 Å². The number of esters is 1. The van der Waals surface area contributed by atoms with Crippen LogP contribution >= 0.6 is 0 Å². The zero-order chi connectivity index (χ0) is 26.5. The van der Waals surface area contributed by atoms with Crippen molar-refractivity contribution in [3.05, 3.63) is 71.2 Å². The highest BCUT2D eigenvalue weighted by molar-refractivity contribution is 5.87. The Labute approximate surface area is 224 Å². The summed E-state index contributed by atoms with van der Waals surface area (Å²) in [6.45, 7) is 3.47. The van der Waals surface area contributed by atoms with Gasteiger partial charge >= 0.3 is 12.0 Å². The molecule has 0 radical (unpaired) electrons. The maximum Gasteiger partial charge on any atom is 0.325 e.